The lowest BCUT2D eigenvalue weighted by Gasteiger charge is -2.05. The van der Waals surface area contributed by atoms with Gasteiger partial charge in [-0.05, 0) is 92.7 Å². The topological polar surface area (TPSA) is 62.5 Å². The maximum Gasteiger partial charge on any atom is 0.231 e. The Balaban J connectivity index is 2.03. The molecule has 0 aliphatic carbocycles. The van der Waals surface area contributed by atoms with Crippen molar-refractivity contribution in [3.63, 3.8) is 0 Å². The first kappa shape index (κ1) is 15.4. The molecule has 2 aromatic carbocycles. The van der Waals surface area contributed by atoms with Gasteiger partial charge in [-0.2, -0.15) is 5.26 Å². The van der Waals surface area contributed by atoms with E-state index in [1.807, 2.05) is 18.2 Å². The van der Waals surface area contributed by atoms with Crippen LogP contribution in [0.15, 0.2) is 30.3 Å². The second-order valence-electron chi connectivity index (χ2n) is 4.57. The number of fused-ring (bicyclic) bond motifs is 1. The van der Waals surface area contributed by atoms with E-state index in [1.54, 1.807) is 18.2 Å². The van der Waals surface area contributed by atoms with Gasteiger partial charge in [0.05, 0.1) is 18.8 Å². The van der Waals surface area contributed by atoms with E-state index in [9.17, 15) is 10.4 Å². The Bertz CT molecular complexity index is 802. The highest BCUT2D eigenvalue weighted by Crippen LogP contribution is 2.35. The average molecular weight is 517 g/mol. The van der Waals surface area contributed by atoms with Gasteiger partial charge in [-0.25, -0.2) is 0 Å². The molecule has 0 amide bonds. The van der Waals surface area contributed by atoms with Gasteiger partial charge in [-0.15, -0.1) is 0 Å². The molecule has 4 nitrogen and oxygen atoms in total. The van der Waals surface area contributed by atoms with Crippen LogP contribution in [-0.4, -0.2) is 11.9 Å². The number of ether oxygens (including phenoxy) is 2. The normalized spacial score (nSPS) is 13.0. The molecule has 6 heteroatoms. The van der Waals surface area contributed by atoms with Crippen LogP contribution in [0.25, 0.3) is 11.6 Å². The van der Waals surface area contributed by atoms with Crippen LogP contribution in [0, 0.1) is 18.5 Å². The van der Waals surface area contributed by atoms with Crippen LogP contribution in [0.2, 0.25) is 0 Å². The molecule has 1 N–H and O–H groups in total. The first-order valence-electron chi connectivity index (χ1n) is 6.28. The predicted molar refractivity (Wildman–Crippen MR) is 99.6 cm³/mol. The fourth-order valence-electron chi connectivity index (χ4n) is 2.08. The number of phenolic OH excluding ortho intramolecular Hbond substituents is 1. The minimum atomic E-state index is 0.207. The average Bonchev–Trinajstić information content (AvgIpc) is 2.97. The minimum Gasteiger partial charge on any atom is -0.506 e. The first-order valence-corrected chi connectivity index (χ1v) is 8.44. The number of benzene rings is 2. The fraction of sp³-hybridized carbons (Fsp3) is 0.0625. The Morgan fingerprint density at radius 3 is 2.50 bits per heavy atom. The second kappa shape index (κ2) is 6.34. The van der Waals surface area contributed by atoms with Crippen LogP contribution in [0.1, 0.15) is 11.1 Å². The van der Waals surface area contributed by atoms with Gasteiger partial charge in [-0.1, -0.05) is 0 Å². The highest BCUT2D eigenvalue weighted by atomic mass is 127. The van der Waals surface area contributed by atoms with Crippen molar-refractivity contribution in [3.8, 4) is 23.3 Å². The molecule has 0 fully saturated rings. The van der Waals surface area contributed by atoms with Crippen molar-refractivity contribution >= 4 is 56.8 Å². The molecule has 0 radical (unpaired) electrons. The summed E-state index contributed by atoms with van der Waals surface area (Å²) in [5.41, 5.74) is 2.15. The summed E-state index contributed by atoms with van der Waals surface area (Å²) < 4.78 is 12.1. The van der Waals surface area contributed by atoms with Gasteiger partial charge in [0.15, 0.2) is 11.5 Å². The standard InChI is InChI=1S/C16H9I2NO3/c17-12-4-9(5-13(18)16(12)20)3-11(7-19)10-1-2-14-15(6-10)22-8-21-14/h1-6,20H,8H2/b11-3-. The van der Waals surface area contributed by atoms with E-state index in [0.29, 0.717) is 17.1 Å². The maximum absolute atomic E-state index is 9.81. The third-order valence-electron chi connectivity index (χ3n) is 3.15. The van der Waals surface area contributed by atoms with Gasteiger partial charge < -0.3 is 14.6 Å². The van der Waals surface area contributed by atoms with Crippen LogP contribution in [-0.2, 0) is 0 Å². The van der Waals surface area contributed by atoms with Gasteiger partial charge in [-0.3, -0.25) is 0 Å². The molecular weight excluding hydrogens is 508 g/mol. The molecule has 0 saturated heterocycles. The van der Waals surface area contributed by atoms with Crippen molar-refractivity contribution in [3.05, 3.63) is 48.6 Å². The summed E-state index contributed by atoms with van der Waals surface area (Å²) in [6, 6.07) is 11.3. The highest BCUT2D eigenvalue weighted by molar-refractivity contribution is 14.1. The fourth-order valence-corrected chi connectivity index (χ4v) is 3.90. The van der Waals surface area contributed by atoms with E-state index in [-0.39, 0.29) is 12.5 Å². The summed E-state index contributed by atoms with van der Waals surface area (Å²) in [7, 11) is 0. The van der Waals surface area contributed by atoms with Crippen molar-refractivity contribution in [1.29, 1.82) is 5.26 Å². The molecule has 0 aromatic heterocycles. The van der Waals surface area contributed by atoms with Crippen molar-refractivity contribution in [2.75, 3.05) is 6.79 Å². The Hall–Kier alpha value is -1.47. The van der Waals surface area contributed by atoms with E-state index < -0.39 is 0 Å². The number of phenols is 1. The molecule has 22 heavy (non-hydrogen) atoms. The summed E-state index contributed by atoms with van der Waals surface area (Å²) in [4.78, 5) is 0. The molecule has 3 rings (SSSR count). The lowest BCUT2D eigenvalue weighted by Crippen LogP contribution is -1.92. The molecule has 1 aliphatic rings. The van der Waals surface area contributed by atoms with Crippen molar-refractivity contribution in [1.82, 2.24) is 0 Å². The first-order chi connectivity index (χ1) is 10.6. The Morgan fingerprint density at radius 1 is 1.14 bits per heavy atom. The number of aromatic hydroxyl groups is 1. The smallest absolute Gasteiger partial charge is 0.231 e. The number of hydrogen-bond donors (Lipinski definition) is 1. The third kappa shape index (κ3) is 3.01. The predicted octanol–water partition coefficient (Wildman–Crippen LogP) is 4.39. The number of nitriles is 1. The lowest BCUT2D eigenvalue weighted by atomic mass is 10.0. The number of allylic oxidation sites excluding steroid dienone is 1. The molecular formula is C16H9I2NO3. The van der Waals surface area contributed by atoms with Crippen molar-refractivity contribution < 1.29 is 14.6 Å². The Kier molecular flexibility index (Phi) is 4.44. The van der Waals surface area contributed by atoms with E-state index >= 15 is 0 Å². The number of halogens is 2. The summed E-state index contributed by atoms with van der Waals surface area (Å²) in [6.45, 7) is 0.207. The molecule has 0 spiro atoms. The monoisotopic (exact) mass is 517 g/mol. The van der Waals surface area contributed by atoms with Crippen LogP contribution >= 0.6 is 45.2 Å². The van der Waals surface area contributed by atoms with Gasteiger partial charge in [0.1, 0.15) is 5.75 Å². The number of hydrogen-bond acceptors (Lipinski definition) is 4. The second-order valence-corrected chi connectivity index (χ2v) is 6.90. The van der Waals surface area contributed by atoms with Crippen LogP contribution in [0.5, 0.6) is 17.2 Å². The van der Waals surface area contributed by atoms with Crippen molar-refractivity contribution in [2.45, 2.75) is 0 Å². The molecule has 1 aliphatic heterocycles. The Labute approximate surface area is 154 Å². The van der Waals surface area contributed by atoms with Crippen LogP contribution < -0.4 is 9.47 Å². The lowest BCUT2D eigenvalue weighted by molar-refractivity contribution is 0.174. The summed E-state index contributed by atoms with van der Waals surface area (Å²) in [5.74, 6) is 1.60. The largest absolute Gasteiger partial charge is 0.506 e. The number of rotatable bonds is 2. The van der Waals surface area contributed by atoms with E-state index in [0.717, 1.165) is 18.3 Å². The molecule has 0 saturated carbocycles. The molecule has 110 valence electrons. The Morgan fingerprint density at radius 2 is 1.82 bits per heavy atom. The van der Waals surface area contributed by atoms with Gasteiger partial charge in [0.2, 0.25) is 6.79 Å². The molecule has 1 heterocycles. The molecule has 0 unspecified atom stereocenters. The summed E-state index contributed by atoms with van der Waals surface area (Å²) in [6.07, 6.45) is 1.79. The quantitative estimate of drug-likeness (QED) is 0.365. The highest BCUT2D eigenvalue weighted by Gasteiger charge is 2.15. The van der Waals surface area contributed by atoms with E-state index in [2.05, 4.69) is 51.3 Å². The van der Waals surface area contributed by atoms with Crippen molar-refractivity contribution in [2.24, 2.45) is 0 Å². The SMILES string of the molecule is N#C/C(=C/c1cc(I)c(O)c(I)c1)c1ccc2c(c1)OCO2. The number of nitrogens with zero attached hydrogens (tertiary/aromatic N) is 1. The molecule has 0 atom stereocenters. The van der Waals surface area contributed by atoms with Gasteiger partial charge >= 0.3 is 0 Å². The summed E-state index contributed by atoms with van der Waals surface area (Å²) >= 11 is 4.14. The zero-order valence-electron chi connectivity index (χ0n) is 11.1. The molecule has 0 bridgehead atoms. The zero-order valence-corrected chi connectivity index (χ0v) is 15.5. The van der Waals surface area contributed by atoms with Crippen LogP contribution in [0.4, 0.5) is 0 Å². The van der Waals surface area contributed by atoms with Gasteiger partial charge in [0, 0.05) is 0 Å². The molecule has 2 aromatic rings. The minimum absolute atomic E-state index is 0.207. The van der Waals surface area contributed by atoms with Gasteiger partial charge in [0.25, 0.3) is 0 Å². The van der Waals surface area contributed by atoms with Crippen LogP contribution in [0.3, 0.4) is 0 Å². The van der Waals surface area contributed by atoms with E-state index in [1.165, 1.54) is 0 Å². The zero-order chi connectivity index (χ0) is 15.7. The summed E-state index contributed by atoms with van der Waals surface area (Å²) in [5, 5.41) is 19.3. The maximum atomic E-state index is 9.81. The van der Waals surface area contributed by atoms with E-state index in [4.69, 9.17) is 9.47 Å². The third-order valence-corrected chi connectivity index (χ3v) is 4.80.